The highest BCUT2D eigenvalue weighted by Crippen LogP contribution is 2.27. The van der Waals surface area contributed by atoms with E-state index in [1.54, 1.807) is 0 Å². The average molecular weight is 295 g/mol. The number of halogens is 4. The molecule has 0 amide bonds. The number of ether oxygens (including phenoxy) is 1. The first-order valence-electron chi connectivity index (χ1n) is 4.85. The second-order valence-electron chi connectivity index (χ2n) is 3.27. The van der Waals surface area contributed by atoms with Gasteiger partial charge in [-0.05, 0) is 29.9 Å². The highest BCUT2D eigenvalue weighted by atomic mass is 32.1. The number of nitrogens with one attached hydrogen (secondary N) is 1. The molecule has 0 bridgehead atoms. The molecule has 9 heteroatoms. The van der Waals surface area contributed by atoms with Crippen molar-refractivity contribution in [1.29, 1.82) is 0 Å². The van der Waals surface area contributed by atoms with Crippen molar-refractivity contribution in [2.75, 3.05) is 0 Å². The smallest absolute Gasteiger partial charge is 0.428 e. The molecule has 104 valence electrons. The Kier molecular flexibility index (Phi) is 5.04. The van der Waals surface area contributed by atoms with Crippen LogP contribution in [0.4, 0.5) is 17.6 Å². The van der Waals surface area contributed by atoms with E-state index in [4.69, 9.17) is 5.73 Å². The zero-order valence-corrected chi connectivity index (χ0v) is 10.1. The van der Waals surface area contributed by atoms with Gasteiger partial charge < -0.3 is 10.5 Å². The van der Waals surface area contributed by atoms with E-state index in [-0.39, 0.29) is 5.11 Å². The highest BCUT2D eigenvalue weighted by Gasteiger charge is 2.43. The van der Waals surface area contributed by atoms with Crippen LogP contribution in [0.2, 0.25) is 0 Å². The number of nitrogens with two attached hydrogens (primary N) is 1. The molecule has 0 heterocycles. The molecule has 0 saturated heterocycles. The Balaban J connectivity index is 2.77. The van der Waals surface area contributed by atoms with Gasteiger partial charge in [0.25, 0.3) is 0 Å². The number of benzene rings is 1. The van der Waals surface area contributed by atoms with E-state index in [0.717, 1.165) is 12.1 Å². The first-order chi connectivity index (χ1) is 8.81. The monoisotopic (exact) mass is 295 g/mol. The van der Waals surface area contributed by atoms with Crippen molar-refractivity contribution in [3.63, 3.8) is 0 Å². The lowest BCUT2D eigenvalue weighted by Gasteiger charge is -2.16. The van der Waals surface area contributed by atoms with Gasteiger partial charge in [0.1, 0.15) is 5.75 Å². The van der Waals surface area contributed by atoms with Crippen LogP contribution in [0.5, 0.6) is 5.75 Å². The minimum absolute atomic E-state index is 0.0760. The SMILES string of the molecule is NC(=S)NN=Cc1cccc(OC(F)(F)C(F)F)c1. The van der Waals surface area contributed by atoms with Crippen molar-refractivity contribution in [1.82, 2.24) is 5.43 Å². The fourth-order valence-corrected chi connectivity index (χ4v) is 1.08. The molecule has 0 unspecified atom stereocenters. The summed E-state index contributed by atoms with van der Waals surface area (Å²) in [7, 11) is 0. The molecule has 0 aliphatic heterocycles. The molecule has 1 rings (SSSR count). The number of hydrogen-bond donors (Lipinski definition) is 2. The molecule has 19 heavy (non-hydrogen) atoms. The van der Waals surface area contributed by atoms with Gasteiger partial charge in [-0.25, -0.2) is 0 Å². The zero-order chi connectivity index (χ0) is 14.5. The normalized spacial score (nSPS) is 11.8. The van der Waals surface area contributed by atoms with Crippen LogP contribution < -0.4 is 15.9 Å². The molecule has 3 N–H and O–H groups in total. The number of hydrogen-bond acceptors (Lipinski definition) is 3. The first kappa shape index (κ1) is 15.2. The molecule has 1 aromatic carbocycles. The largest absolute Gasteiger partial charge is 0.461 e. The Hall–Kier alpha value is -1.90. The summed E-state index contributed by atoms with van der Waals surface area (Å²) in [5.74, 6) is -0.412. The van der Waals surface area contributed by atoms with E-state index in [9.17, 15) is 17.6 Å². The summed E-state index contributed by atoms with van der Waals surface area (Å²) in [4.78, 5) is 0. The summed E-state index contributed by atoms with van der Waals surface area (Å²) in [5, 5.41) is 3.51. The third-order valence-electron chi connectivity index (χ3n) is 1.75. The second-order valence-corrected chi connectivity index (χ2v) is 3.71. The van der Waals surface area contributed by atoms with Crippen LogP contribution in [0.25, 0.3) is 0 Å². The van der Waals surface area contributed by atoms with Gasteiger partial charge in [-0.15, -0.1) is 0 Å². The summed E-state index contributed by atoms with van der Waals surface area (Å²) in [5.41, 5.74) is 7.69. The predicted octanol–water partition coefficient (Wildman–Crippen LogP) is 2.09. The summed E-state index contributed by atoms with van der Waals surface area (Å²) >= 11 is 4.48. The number of hydrazone groups is 1. The number of alkyl halides is 4. The average Bonchev–Trinajstić information content (AvgIpc) is 2.28. The Morgan fingerprint density at radius 1 is 1.47 bits per heavy atom. The van der Waals surface area contributed by atoms with Gasteiger partial charge in [-0.3, -0.25) is 5.43 Å². The summed E-state index contributed by atoms with van der Waals surface area (Å²) < 4.78 is 53.2. The van der Waals surface area contributed by atoms with Crippen molar-refractivity contribution < 1.29 is 22.3 Å². The molecule has 0 saturated carbocycles. The van der Waals surface area contributed by atoms with Crippen LogP contribution in [0.1, 0.15) is 5.56 Å². The summed E-state index contributed by atoms with van der Waals surface area (Å²) in [6, 6.07) is 5.08. The number of nitrogens with zero attached hydrogens (tertiary/aromatic N) is 1. The lowest BCUT2D eigenvalue weighted by Crippen LogP contribution is -2.33. The molecule has 1 aromatic rings. The molecular formula is C10H9F4N3OS. The van der Waals surface area contributed by atoms with Crippen molar-refractivity contribution in [3.8, 4) is 5.75 Å². The van der Waals surface area contributed by atoms with Gasteiger partial charge in [0.2, 0.25) is 0 Å². The minimum Gasteiger partial charge on any atom is -0.428 e. The van der Waals surface area contributed by atoms with Gasteiger partial charge in [-0.1, -0.05) is 12.1 Å². The quantitative estimate of drug-likeness (QED) is 0.378. The van der Waals surface area contributed by atoms with Gasteiger partial charge >= 0.3 is 12.5 Å². The van der Waals surface area contributed by atoms with Gasteiger partial charge in [-0.2, -0.15) is 22.7 Å². The molecule has 0 atom stereocenters. The van der Waals surface area contributed by atoms with Gasteiger partial charge in [0.15, 0.2) is 5.11 Å². The molecule has 0 radical (unpaired) electrons. The van der Waals surface area contributed by atoms with E-state index < -0.39 is 18.3 Å². The first-order valence-corrected chi connectivity index (χ1v) is 5.25. The van der Waals surface area contributed by atoms with Crippen LogP contribution in [0, 0.1) is 0 Å². The molecule has 0 fully saturated rings. The molecule has 0 aromatic heterocycles. The zero-order valence-electron chi connectivity index (χ0n) is 9.32. The van der Waals surface area contributed by atoms with E-state index in [1.807, 2.05) is 0 Å². The molecule has 0 aliphatic carbocycles. The Morgan fingerprint density at radius 2 is 2.16 bits per heavy atom. The fourth-order valence-electron chi connectivity index (χ4n) is 1.03. The fraction of sp³-hybridized carbons (Fsp3) is 0.200. The van der Waals surface area contributed by atoms with Crippen LogP contribution in [-0.2, 0) is 0 Å². The predicted molar refractivity (Wildman–Crippen MR) is 65.5 cm³/mol. The third kappa shape index (κ3) is 5.08. The van der Waals surface area contributed by atoms with Crippen LogP contribution >= 0.6 is 12.2 Å². The molecule has 0 aliphatic rings. The third-order valence-corrected chi connectivity index (χ3v) is 1.85. The van der Waals surface area contributed by atoms with Crippen molar-refractivity contribution in [3.05, 3.63) is 29.8 Å². The number of rotatable bonds is 5. The Morgan fingerprint density at radius 3 is 2.74 bits per heavy atom. The maximum atomic E-state index is 12.7. The van der Waals surface area contributed by atoms with Crippen molar-refractivity contribution in [2.45, 2.75) is 12.5 Å². The summed E-state index contributed by atoms with van der Waals surface area (Å²) in [6.45, 7) is 0. The van der Waals surface area contributed by atoms with Crippen LogP contribution in [-0.4, -0.2) is 23.9 Å². The van der Waals surface area contributed by atoms with E-state index in [1.165, 1.54) is 18.3 Å². The van der Waals surface area contributed by atoms with Gasteiger partial charge in [0.05, 0.1) is 6.21 Å². The minimum atomic E-state index is -4.55. The van der Waals surface area contributed by atoms with Crippen LogP contribution in [0.15, 0.2) is 29.4 Å². The summed E-state index contributed by atoms with van der Waals surface area (Å²) in [6.07, 6.45) is -7.25. The molecule has 4 nitrogen and oxygen atoms in total. The maximum Gasteiger partial charge on any atom is 0.461 e. The lowest BCUT2D eigenvalue weighted by molar-refractivity contribution is -0.253. The van der Waals surface area contributed by atoms with Gasteiger partial charge in [0, 0.05) is 0 Å². The van der Waals surface area contributed by atoms with Crippen LogP contribution in [0.3, 0.4) is 0 Å². The maximum absolute atomic E-state index is 12.7. The lowest BCUT2D eigenvalue weighted by atomic mass is 10.2. The topological polar surface area (TPSA) is 59.6 Å². The Bertz CT molecular complexity index is 482. The standard InChI is InChI=1S/C10H9F4N3OS/c11-8(12)10(13,14)18-7-3-1-2-6(4-7)5-16-17-9(15)19/h1-5,8H,(H3,15,17,19). The van der Waals surface area contributed by atoms with E-state index >= 15 is 0 Å². The highest BCUT2D eigenvalue weighted by molar-refractivity contribution is 7.80. The molecular weight excluding hydrogens is 286 g/mol. The van der Waals surface area contributed by atoms with E-state index in [2.05, 4.69) is 27.5 Å². The van der Waals surface area contributed by atoms with E-state index in [0.29, 0.717) is 5.56 Å². The van der Waals surface area contributed by atoms with Crippen molar-refractivity contribution >= 4 is 23.5 Å². The number of thiocarbonyl (C=S) groups is 1. The second kappa shape index (κ2) is 6.32. The Labute approximate surface area is 111 Å². The molecule has 0 spiro atoms. The van der Waals surface area contributed by atoms with Crippen molar-refractivity contribution in [2.24, 2.45) is 10.8 Å².